The minimum absolute atomic E-state index is 0.132. The smallest absolute Gasteiger partial charge is 0.214 e. The summed E-state index contributed by atoms with van der Waals surface area (Å²) >= 11 is 0. The van der Waals surface area contributed by atoms with E-state index in [9.17, 15) is 0 Å². The highest BCUT2D eigenvalue weighted by Gasteiger charge is 2.25. The molecule has 0 radical (unpaired) electrons. The number of aromatic nitrogens is 1. The fraction of sp³-hybridized carbons (Fsp3) is 0.421. The number of nitrogens with one attached hydrogen (secondary N) is 1. The van der Waals surface area contributed by atoms with Crippen LogP contribution in [0.2, 0.25) is 0 Å². The zero-order chi connectivity index (χ0) is 15.6. The number of hydrogen-bond acceptors (Lipinski definition) is 4. The lowest BCUT2D eigenvalue weighted by atomic mass is 9.90. The Morgan fingerprint density at radius 2 is 2.22 bits per heavy atom. The Kier molecular flexibility index (Phi) is 4.02. The van der Waals surface area contributed by atoms with E-state index in [1.165, 1.54) is 22.3 Å². The van der Waals surface area contributed by atoms with Gasteiger partial charge in [0.25, 0.3) is 0 Å². The van der Waals surface area contributed by atoms with Crippen molar-refractivity contribution in [1.82, 2.24) is 10.3 Å². The van der Waals surface area contributed by atoms with Gasteiger partial charge in [0.15, 0.2) is 0 Å². The highest BCUT2D eigenvalue weighted by molar-refractivity contribution is 5.70. The zero-order valence-electron chi connectivity index (χ0n) is 13.4. The predicted octanol–water partition coefficient (Wildman–Crippen LogP) is 3.12. The topological polar surface area (TPSA) is 43.4 Å². The molecule has 0 amide bonds. The predicted molar refractivity (Wildman–Crippen MR) is 89.6 cm³/mol. The summed E-state index contributed by atoms with van der Waals surface area (Å²) in [6.45, 7) is 1.61. The van der Waals surface area contributed by atoms with Gasteiger partial charge in [0.1, 0.15) is 6.10 Å². The number of nitrogens with zero attached hydrogens (tertiary/aromatic N) is 1. The van der Waals surface area contributed by atoms with Gasteiger partial charge in [-0.2, -0.15) is 0 Å². The molecule has 2 aliphatic rings. The number of benzene rings is 1. The molecule has 2 aromatic rings. The maximum absolute atomic E-state index is 5.92. The van der Waals surface area contributed by atoms with E-state index in [1.807, 2.05) is 13.2 Å². The van der Waals surface area contributed by atoms with Crippen LogP contribution in [0.15, 0.2) is 36.5 Å². The van der Waals surface area contributed by atoms with E-state index >= 15 is 0 Å². The third-order valence-corrected chi connectivity index (χ3v) is 4.48. The summed E-state index contributed by atoms with van der Waals surface area (Å²) in [5, 5.41) is 3.22. The van der Waals surface area contributed by atoms with Crippen molar-refractivity contribution < 1.29 is 9.47 Å². The Balaban J connectivity index is 1.70. The summed E-state index contributed by atoms with van der Waals surface area (Å²) in [7, 11) is 1.96. The van der Waals surface area contributed by atoms with Crippen LogP contribution in [0.5, 0.6) is 5.88 Å². The van der Waals surface area contributed by atoms with E-state index in [0.717, 1.165) is 38.3 Å². The van der Waals surface area contributed by atoms with Crippen LogP contribution < -0.4 is 10.1 Å². The summed E-state index contributed by atoms with van der Waals surface area (Å²) in [5.74, 6) is 0.737. The van der Waals surface area contributed by atoms with E-state index < -0.39 is 0 Å². The zero-order valence-corrected chi connectivity index (χ0v) is 13.4. The van der Waals surface area contributed by atoms with Gasteiger partial charge < -0.3 is 14.8 Å². The normalized spacial score (nSPS) is 20.1. The van der Waals surface area contributed by atoms with Crippen LogP contribution >= 0.6 is 0 Å². The van der Waals surface area contributed by atoms with Crippen molar-refractivity contribution in [1.29, 1.82) is 0 Å². The number of fused-ring (bicyclic) bond motifs is 1. The second kappa shape index (κ2) is 6.30. The maximum atomic E-state index is 5.92. The molecule has 120 valence electrons. The molecule has 1 N–H and O–H groups in total. The number of rotatable bonds is 5. The monoisotopic (exact) mass is 310 g/mol. The standard InChI is InChI=1S/C19H22N2O2/c1-20-12-18-17-4-2-3-15(16(17)8-10-22-18)13-7-9-21-19(11-13)23-14-5-6-14/h2-4,7,9,11,14,18,20H,5-6,8,10,12H2,1H3/t18-/m0/s1. The van der Waals surface area contributed by atoms with Crippen LogP contribution in [0, 0.1) is 0 Å². The van der Waals surface area contributed by atoms with Crippen LogP contribution in [0.3, 0.4) is 0 Å². The first-order valence-electron chi connectivity index (χ1n) is 8.36. The molecule has 1 aliphatic heterocycles. The molecule has 0 bridgehead atoms. The van der Waals surface area contributed by atoms with Crippen molar-refractivity contribution in [3.8, 4) is 17.0 Å². The van der Waals surface area contributed by atoms with Gasteiger partial charge in [0.05, 0.1) is 12.7 Å². The lowest BCUT2D eigenvalue weighted by Gasteiger charge is -2.28. The molecule has 2 heterocycles. The number of likely N-dealkylation sites (N-methyl/N-ethyl adjacent to an activating group) is 1. The highest BCUT2D eigenvalue weighted by Crippen LogP contribution is 2.35. The fourth-order valence-corrected chi connectivity index (χ4v) is 3.20. The van der Waals surface area contributed by atoms with Crippen molar-refractivity contribution in [3.63, 3.8) is 0 Å². The van der Waals surface area contributed by atoms with E-state index in [4.69, 9.17) is 9.47 Å². The maximum Gasteiger partial charge on any atom is 0.214 e. The Bertz CT molecular complexity index is 698. The van der Waals surface area contributed by atoms with Crippen molar-refractivity contribution in [2.45, 2.75) is 31.5 Å². The van der Waals surface area contributed by atoms with Gasteiger partial charge in [0, 0.05) is 18.8 Å². The summed E-state index contributed by atoms with van der Waals surface area (Å²) in [6.07, 6.45) is 5.60. The molecule has 1 atom stereocenters. The molecule has 1 fully saturated rings. The molecule has 1 aliphatic carbocycles. The Morgan fingerprint density at radius 3 is 3.04 bits per heavy atom. The summed E-state index contributed by atoms with van der Waals surface area (Å²) in [4.78, 5) is 4.34. The highest BCUT2D eigenvalue weighted by atomic mass is 16.5. The van der Waals surface area contributed by atoms with Crippen LogP contribution in [0.25, 0.3) is 11.1 Å². The molecule has 0 saturated heterocycles. The average molecular weight is 310 g/mol. The second-order valence-electron chi connectivity index (χ2n) is 6.24. The van der Waals surface area contributed by atoms with Crippen LogP contribution in [0.4, 0.5) is 0 Å². The summed E-state index contributed by atoms with van der Waals surface area (Å²) in [6, 6.07) is 10.6. The number of pyridine rings is 1. The van der Waals surface area contributed by atoms with Crippen molar-refractivity contribution in [2.24, 2.45) is 0 Å². The van der Waals surface area contributed by atoms with Crippen molar-refractivity contribution in [2.75, 3.05) is 20.2 Å². The van der Waals surface area contributed by atoms with E-state index in [0.29, 0.717) is 6.10 Å². The van der Waals surface area contributed by atoms with Gasteiger partial charge >= 0.3 is 0 Å². The van der Waals surface area contributed by atoms with Crippen LogP contribution in [-0.2, 0) is 11.2 Å². The van der Waals surface area contributed by atoms with E-state index in [-0.39, 0.29) is 6.10 Å². The molecule has 23 heavy (non-hydrogen) atoms. The van der Waals surface area contributed by atoms with E-state index in [1.54, 1.807) is 0 Å². The largest absolute Gasteiger partial charge is 0.474 e. The third kappa shape index (κ3) is 3.09. The van der Waals surface area contributed by atoms with Gasteiger partial charge in [-0.15, -0.1) is 0 Å². The molecule has 1 aromatic carbocycles. The van der Waals surface area contributed by atoms with Gasteiger partial charge in [-0.25, -0.2) is 4.98 Å². The first-order chi connectivity index (χ1) is 11.3. The molecular weight excluding hydrogens is 288 g/mol. The van der Waals surface area contributed by atoms with Gasteiger partial charge in [-0.1, -0.05) is 18.2 Å². The molecule has 1 aromatic heterocycles. The van der Waals surface area contributed by atoms with Crippen molar-refractivity contribution in [3.05, 3.63) is 47.7 Å². The molecule has 4 rings (SSSR count). The summed E-state index contributed by atoms with van der Waals surface area (Å²) < 4.78 is 11.8. The Hall–Kier alpha value is -1.91. The van der Waals surface area contributed by atoms with Crippen LogP contribution in [-0.4, -0.2) is 31.3 Å². The minimum Gasteiger partial charge on any atom is -0.474 e. The first-order valence-corrected chi connectivity index (χ1v) is 8.36. The molecule has 4 nitrogen and oxygen atoms in total. The lowest BCUT2D eigenvalue weighted by molar-refractivity contribution is 0.0440. The van der Waals surface area contributed by atoms with E-state index in [2.05, 4.69) is 40.6 Å². The molecule has 0 spiro atoms. The third-order valence-electron chi connectivity index (χ3n) is 4.48. The second-order valence-corrected chi connectivity index (χ2v) is 6.24. The quantitative estimate of drug-likeness (QED) is 0.921. The Morgan fingerprint density at radius 1 is 1.30 bits per heavy atom. The number of hydrogen-bond donors (Lipinski definition) is 1. The van der Waals surface area contributed by atoms with Crippen molar-refractivity contribution >= 4 is 0 Å². The summed E-state index contributed by atoms with van der Waals surface area (Å²) in [5.41, 5.74) is 5.14. The average Bonchev–Trinajstić information content (AvgIpc) is 3.39. The molecular formula is C19H22N2O2. The SMILES string of the molecule is CNC[C@@H]1OCCc2c(-c3ccnc(OC4CC4)c3)cccc21. The fourth-order valence-electron chi connectivity index (χ4n) is 3.20. The minimum atomic E-state index is 0.132. The number of ether oxygens (including phenoxy) is 2. The van der Waals surface area contributed by atoms with Gasteiger partial charge in [-0.3, -0.25) is 0 Å². The van der Waals surface area contributed by atoms with Gasteiger partial charge in [0.2, 0.25) is 5.88 Å². The molecule has 4 heteroatoms. The Labute approximate surface area is 136 Å². The lowest BCUT2D eigenvalue weighted by Crippen LogP contribution is -2.25. The van der Waals surface area contributed by atoms with Crippen LogP contribution in [0.1, 0.15) is 30.1 Å². The first kappa shape index (κ1) is 14.7. The molecule has 0 unspecified atom stereocenters. The molecule has 1 saturated carbocycles. The van der Waals surface area contributed by atoms with Gasteiger partial charge in [-0.05, 0) is 54.6 Å².